The molecule has 0 N–H and O–H groups in total. The molecule has 0 spiro atoms. The molecule has 0 rings (SSSR count). The molecule has 0 saturated carbocycles. The van der Waals surface area contributed by atoms with Crippen LogP contribution in [0.4, 0.5) is 0 Å². The van der Waals surface area contributed by atoms with Crippen molar-refractivity contribution < 1.29 is 0 Å². The van der Waals surface area contributed by atoms with Crippen molar-refractivity contribution in [1.29, 1.82) is 0 Å². The van der Waals surface area contributed by atoms with Crippen molar-refractivity contribution in [2.45, 2.75) is 17.1 Å². The highest BCUT2D eigenvalue weighted by Gasteiger charge is 2.04. The van der Waals surface area contributed by atoms with E-state index in [-0.39, 0.29) is 18.9 Å². The zero-order chi connectivity index (χ0) is 5.15. The fourth-order valence-corrected chi connectivity index (χ4v) is 0. The lowest BCUT2D eigenvalue weighted by molar-refractivity contribution is 1.05. The van der Waals surface area contributed by atoms with Crippen LogP contribution in [0.3, 0.4) is 0 Å². The third kappa shape index (κ3) is 7.22. The van der Waals surface area contributed by atoms with Crippen LogP contribution < -0.4 is 0 Å². The first kappa shape index (κ1) is 11.1. The second kappa shape index (κ2) is 5.36. The minimum atomic E-state index is -0.438. The van der Waals surface area contributed by atoms with Crippen molar-refractivity contribution in [3.63, 3.8) is 0 Å². The SMILES string of the molecule is CC(Cl)C(Cl)Cl.S. The van der Waals surface area contributed by atoms with Gasteiger partial charge in [0.1, 0.15) is 4.84 Å². The summed E-state index contributed by atoms with van der Waals surface area (Å²) in [5.74, 6) is 0. The molecule has 0 amide bonds. The molecule has 0 nitrogen and oxygen atoms in total. The molecule has 1 atom stereocenters. The van der Waals surface area contributed by atoms with Crippen molar-refractivity contribution in [2.75, 3.05) is 0 Å². The highest BCUT2D eigenvalue weighted by atomic mass is 35.5. The number of alkyl halides is 3. The van der Waals surface area contributed by atoms with Crippen LogP contribution in [0, 0.1) is 0 Å². The molecule has 0 saturated heterocycles. The van der Waals surface area contributed by atoms with Gasteiger partial charge in [-0.05, 0) is 6.92 Å². The molecule has 46 valence electrons. The third-order valence-corrected chi connectivity index (χ3v) is 1.61. The van der Waals surface area contributed by atoms with E-state index in [1.54, 1.807) is 6.92 Å². The van der Waals surface area contributed by atoms with E-state index < -0.39 is 4.84 Å². The van der Waals surface area contributed by atoms with E-state index in [4.69, 9.17) is 34.8 Å². The summed E-state index contributed by atoms with van der Waals surface area (Å²) in [5, 5.41) is -0.145. The summed E-state index contributed by atoms with van der Waals surface area (Å²) in [7, 11) is 0. The number of hydrogen-bond donors (Lipinski definition) is 0. The first-order valence-corrected chi connectivity index (χ1v) is 2.87. The zero-order valence-electron chi connectivity index (χ0n) is 3.79. The van der Waals surface area contributed by atoms with Crippen LogP contribution in [0.1, 0.15) is 6.92 Å². The topological polar surface area (TPSA) is 0 Å². The second-order valence-electron chi connectivity index (χ2n) is 1.01. The molecule has 0 aromatic carbocycles. The first-order chi connectivity index (χ1) is 2.64. The van der Waals surface area contributed by atoms with Crippen molar-refractivity contribution in [1.82, 2.24) is 0 Å². The zero-order valence-corrected chi connectivity index (χ0v) is 7.06. The van der Waals surface area contributed by atoms with E-state index >= 15 is 0 Å². The Balaban J connectivity index is 0. The van der Waals surface area contributed by atoms with Gasteiger partial charge in [0, 0.05) is 0 Å². The normalized spacial score (nSPS) is 13.3. The molecule has 7 heavy (non-hydrogen) atoms. The van der Waals surface area contributed by atoms with Gasteiger partial charge in [0.25, 0.3) is 0 Å². The first-order valence-electron chi connectivity index (χ1n) is 1.57. The molecule has 4 heteroatoms. The minimum Gasteiger partial charge on any atom is -0.197 e. The molecule has 0 radical (unpaired) electrons. The Morgan fingerprint density at radius 3 is 1.29 bits per heavy atom. The molecule has 0 aliphatic rings. The van der Waals surface area contributed by atoms with Gasteiger partial charge in [-0.25, -0.2) is 0 Å². The summed E-state index contributed by atoms with van der Waals surface area (Å²) in [6, 6.07) is 0. The third-order valence-electron chi connectivity index (χ3n) is 0.347. The predicted octanol–water partition coefficient (Wildman–Crippen LogP) is 2.53. The lowest BCUT2D eigenvalue weighted by Gasteiger charge is -1.97. The van der Waals surface area contributed by atoms with Gasteiger partial charge in [-0.1, -0.05) is 0 Å². The Labute approximate surface area is 65.6 Å². The van der Waals surface area contributed by atoms with Gasteiger partial charge in [0.2, 0.25) is 0 Å². The Morgan fingerprint density at radius 1 is 1.14 bits per heavy atom. The van der Waals surface area contributed by atoms with Crippen LogP contribution in [0.15, 0.2) is 0 Å². The fraction of sp³-hybridized carbons (Fsp3) is 1.00. The average Bonchev–Trinajstić information content (AvgIpc) is 1.36. The number of rotatable bonds is 1. The van der Waals surface area contributed by atoms with Crippen molar-refractivity contribution in [3.8, 4) is 0 Å². The second-order valence-corrected chi connectivity index (χ2v) is 2.86. The van der Waals surface area contributed by atoms with Crippen molar-refractivity contribution in [2.24, 2.45) is 0 Å². The van der Waals surface area contributed by atoms with Gasteiger partial charge in [0.15, 0.2) is 0 Å². The van der Waals surface area contributed by atoms with E-state index in [9.17, 15) is 0 Å². The van der Waals surface area contributed by atoms with Crippen LogP contribution in [0.2, 0.25) is 0 Å². The van der Waals surface area contributed by atoms with Crippen molar-refractivity contribution in [3.05, 3.63) is 0 Å². The molecular weight excluding hydrogens is 174 g/mol. The van der Waals surface area contributed by atoms with Crippen LogP contribution in [0.25, 0.3) is 0 Å². The molecule has 0 aromatic rings. The highest BCUT2D eigenvalue weighted by Crippen LogP contribution is 2.11. The van der Waals surface area contributed by atoms with E-state index in [1.165, 1.54) is 0 Å². The summed E-state index contributed by atoms with van der Waals surface area (Å²) in [4.78, 5) is -0.438. The Morgan fingerprint density at radius 2 is 1.29 bits per heavy atom. The van der Waals surface area contributed by atoms with Crippen LogP contribution in [-0.2, 0) is 0 Å². The van der Waals surface area contributed by atoms with Gasteiger partial charge in [-0.2, -0.15) is 13.5 Å². The summed E-state index contributed by atoms with van der Waals surface area (Å²) in [6.07, 6.45) is 0. The molecule has 0 aliphatic heterocycles. The smallest absolute Gasteiger partial charge is 0.123 e. The summed E-state index contributed by atoms with van der Waals surface area (Å²) in [5.41, 5.74) is 0. The molecule has 0 aromatic heterocycles. The van der Waals surface area contributed by atoms with Gasteiger partial charge < -0.3 is 0 Å². The van der Waals surface area contributed by atoms with Gasteiger partial charge in [0.05, 0.1) is 5.38 Å². The summed E-state index contributed by atoms with van der Waals surface area (Å²) < 4.78 is 0. The number of hydrogen-bond acceptors (Lipinski definition) is 0. The molecule has 0 fully saturated rings. The van der Waals surface area contributed by atoms with Gasteiger partial charge in [-0.3, -0.25) is 0 Å². The van der Waals surface area contributed by atoms with E-state index in [0.717, 1.165) is 0 Å². The largest absolute Gasteiger partial charge is 0.197 e. The van der Waals surface area contributed by atoms with Crippen LogP contribution in [0.5, 0.6) is 0 Å². The fourth-order valence-electron chi connectivity index (χ4n) is 0. The van der Waals surface area contributed by atoms with Crippen LogP contribution >= 0.6 is 48.3 Å². The maximum absolute atomic E-state index is 5.35. The quantitative estimate of drug-likeness (QED) is 0.546. The van der Waals surface area contributed by atoms with Crippen LogP contribution in [-0.4, -0.2) is 10.2 Å². The Hall–Kier alpha value is 1.22. The van der Waals surface area contributed by atoms with E-state index in [1.807, 2.05) is 0 Å². The molecular formula is C3H7Cl3S. The summed E-state index contributed by atoms with van der Waals surface area (Å²) >= 11 is 15.8. The monoisotopic (exact) mass is 180 g/mol. The number of halogens is 3. The molecule has 0 heterocycles. The van der Waals surface area contributed by atoms with Gasteiger partial charge in [-0.15, -0.1) is 34.8 Å². The maximum Gasteiger partial charge on any atom is 0.123 e. The maximum atomic E-state index is 5.35. The van der Waals surface area contributed by atoms with E-state index in [0.29, 0.717) is 0 Å². The molecule has 0 bridgehead atoms. The highest BCUT2D eigenvalue weighted by molar-refractivity contribution is 7.59. The lowest BCUT2D eigenvalue weighted by Crippen LogP contribution is -2.00. The molecule has 1 unspecified atom stereocenters. The minimum absolute atomic E-state index is 0. The predicted molar refractivity (Wildman–Crippen MR) is 41.2 cm³/mol. The summed E-state index contributed by atoms with van der Waals surface area (Å²) in [6.45, 7) is 1.74. The standard InChI is InChI=1S/C3H5Cl3.H2S/c1-2(4)3(5)6;/h2-3H,1H3;1H2. The average molecular weight is 182 g/mol. The molecule has 0 aliphatic carbocycles. The lowest BCUT2D eigenvalue weighted by atomic mass is 10.6. The Kier molecular flexibility index (Phi) is 8.48. The van der Waals surface area contributed by atoms with Gasteiger partial charge >= 0.3 is 0 Å². The van der Waals surface area contributed by atoms with Crippen molar-refractivity contribution >= 4 is 48.3 Å². The van der Waals surface area contributed by atoms with E-state index in [2.05, 4.69) is 0 Å². The Bertz CT molecular complexity index is 31.2.